The first kappa shape index (κ1) is 13.0. The molecule has 2 heteroatoms. The molecule has 0 spiro atoms. The van der Waals surface area contributed by atoms with Crippen LogP contribution in [0.1, 0.15) is 58.8 Å². The van der Waals surface area contributed by atoms with E-state index in [-0.39, 0.29) is 6.10 Å². The Morgan fingerprint density at radius 1 is 1.33 bits per heavy atom. The molecule has 3 unspecified atom stereocenters. The highest BCUT2D eigenvalue weighted by Crippen LogP contribution is 2.21. The molecule has 0 aromatic carbocycles. The van der Waals surface area contributed by atoms with E-state index in [9.17, 15) is 5.11 Å². The molecule has 0 bridgehead atoms. The number of aliphatic hydroxyl groups excluding tert-OH is 1. The van der Waals surface area contributed by atoms with Gasteiger partial charge in [0.1, 0.15) is 0 Å². The van der Waals surface area contributed by atoms with Crippen LogP contribution in [0, 0.1) is 5.92 Å². The largest absolute Gasteiger partial charge is 0.393 e. The lowest BCUT2D eigenvalue weighted by Gasteiger charge is -2.25. The molecular formula is C13H26O2. The molecule has 0 saturated carbocycles. The van der Waals surface area contributed by atoms with Crippen molar-refractivity contribution in [2.75, 3.05) is 6.61 Å². The van der Waals surface area contributed by atoms with E-state index in [0.29, 0.717) is 12.0 Å². The van der Waals surface area contributed by atoms with Crippen molar-refractivity contribution >= 4 is 0 Å². The molecule has 1 aliphatic heterocycles. The van der Waals surface area contributed by atoms with Gasteiger partial charge in [0, 0.05) is 6.61 Å². The van der Waals surface area contributed by atoms with Gasteiger partial charge in [0.2, 0.25) is 0 Å². The standard InChI is InChI=1S/C13H26O2/c1-3-6-11(2)13(14)9-8-12-7-4-5-10-15-12/h11-14H,3-10H2,1-2H3. The van der Waals surface area contributed by atoms with Gasteiger partial charge in [-0.05, 0) is 44.4 Å². The Kier molecular flexibility index (Phi) is 6.26. The molecule has 1 N–H and O–H groups in total. The van der Waals surface area contributed by atoms with Crippen LogP contribution < -0.4 is 0 Å². The van der Waals surface area contributed by atoms with Crippen molar-refractivity contribution in [1.29, 1.82) is 0 Å². The summed E-state index contributed by atoms with van der Waals surface area (Å²) >= 11 is 0. The van der Waals surface area contributed by atoms with Gasteiger partial charge in [-0.3, -0.25) is 0 Å². The van der Waals surface area contributed by atoms with Gasteiger partial charge in [-0.15, -0.1) is 0 Å². The molecule has 0 aromatic rings. The molecule has 15 heavy (non-hydrogen) atoms. The van der Waals surface area contributed by atoms with Gasteiger partial charge in [0.15, 0.2) is 0 Å². The molecule has 1 rings (SSSR count). The van der Waals surface area contributed by atoms with Crippen molar-refractivity contribution in [2.45, 2.75) is 71.0 Å². The van der Waals surface area contributed by atoms with Gasteiger partial charge >= 0.3 is 0 Å². The van der Waals surface area contributed by atoms with Crippen LogP contribution in [-0.2, 0) is 4.74 Å². The first-order valence-corrected chi connectivity index (χ1v) is 6.53. The molecule has 1 saturated heterocycles. The van der Waals surface area contributed by atoms with E-state index in [0.717, 1.165) is 32.3 Å². The second-order valence-corrected chi connectivity index (χ2v) is 4.90. The van der Waals surface area contributed by atoms with E-state index in [1.165, 1.54) is 19.3 Å². The predicted octanol–water partition coefficient (Wildman–Crippen LogP) is 3.13. The molecule has 1 fully saturated rings. The zero-order chi connectivity index (χ0) is 11.1. The first-order chi connectivity index (χ1) is 7.24. The third-order valence-electron chi connectivity index (χ3n) is 3.46. The Hall–Kier alpha value is -0.0800. The molecule has 0 aliphatic carbocycles. The average Bonchev–Trinajstić information content (AvgIpc) is 2.27. The van der Waals surface area contributed by atoms with E-state index < -0.39 is 0 Å². The minimum Gasteiger partial charge on any atom is -0.393 e. The lowest BCUT2D eigenvalue weighted by molar-refractivity contribution is -0.00264. The highest BCUT2D eigenvalue weighted by atomic mass is 16.5. The lowest BCUT2D eigenvalue weighted by Crippen LogP contribution is -2.23. The number of hydrogen-bond acceptors (Lipinski definition) is 2. The highest BCUT2D eigenvalue weighted by molar-refractivity contribution is 4.69. The van der Waals surface area contributed by atoms with Gasteiger partial charge in [-0.25, -0.2) is 0 Å². The van der Waals surface area contributed by atoms with Crippen LogP contribution in [0.2, 0.25) is 0 Å². The van der Waals surface area contributed by atoms with E-state index in [2.05, 4.69) is 13.8 Å². The second-order valence-electron chi connectivity index (χ2n) is 4.90. The van der Waals surface area contributed by atoms with Crippen molar-refractivity contribution in [1.82, 2.24) is 0 Å². The normalized spacial score (nSPS) is 26.2. The van der Waals surface area contributed by atoms with Crippen LogP contribution in [0.25, 0.3) is 0 Å². The Morgan fingerprint density at radius 2 is 2.13 bits per heavy atom. The smallest absolute Gasteiger partial charge is 0.0576 e. The quantitative estimate of drug-likeness (QED) is 0.736. The average molecular weight is 214 g/mol. The molecule has 1 heterocycles. The van der Waals surface area contributed by atoms with E-state index in [4.69, 9.17) is 4.74 Å². The van der Waals surface area contributed by atoms with Gasteiger partial charge in [0.25, 0.3) is 0 Å². The molecule has 3 atom stereocenters. The highest BCUT2D eigenvalue weighted by Gasteiger charge is 2.18. The van der Waals surface area contributed by atoms with Crippen molar-refractivity contribution in [3.05, 3.63) is 0 Å². The second kappa shape index (κ2) is 7.24. The Balaban J connectivity index is 2.11. The molecule has 0 amide bonds. The minimum atomic E-state index is -0.129. The molecule has 0 radical (unpaired) electrons. The van der Waals surface area contributed by atoms with Crippen LogP contribution in [0.4, 0.5) is 0 Å². The van der Waals surface area contributed by atoms with Crippen molar-refractivity contribution < 1.29 is 9.84 Å². The van der Waals surface area contributed by atoms with Crippen molar-refractivity contribution in [2.24, 2.45) is 5.92 Å². The predicted molar refractivity (Wildman–Crippen MR) is 62.9 cm³/mol. The molecular weight excluding hydrogens is 188 g/mol. The maximum atomic E-state index is 9.92. The molecule has 90 valence electrons. The number of ether oxygens (including phenoxy) is 1. The molecule has 1 aliphatic rings. The Morgan fingerprint density at radius 3 is 2.73 bits per heavy atom. The van der Waals surface area contributed by atoms with E-state index >= 15 is 0 Å². The topological polar surface area (TPSA) is 29.5 Å². The third kappa shape index (κ3) is 4.98. The van der Waals surface area contributed by atoms with Crippen LogP contribution in [0.5, 0.6) is 0 Å². The summed E-state index contributed by atoms with van der Waals surface area (Å²) in [5, 5.41) is 9.92. The minimum absolute atomic E-state index is 0.129. The summed E-state index contributed by atoms with van der Waals surface area (Å²) in [4.78, 5) is 0. The van der Waals surface area contributed by atoms with Gasteiger partial charge in [0.05, 0.1) is 12.2 Å². The fourth-order valence-electron chi connectivity index (χ4n) is 2.32. The van der Waals surface area contributed by atoms with Gasteiger partial charge in [-0.2, -0.15) is 0 Å². The zero-order valence-electron chi connectivity index (χ0n) is 10.2. The van der Waals surface area contributed by atoms with E-state index in [1.807, 2.05) is 0 Å². The van der Waals surface area contributed by atoms with Crippen LogP contribution in [0.3, 0.4) is 0 Å². The zero-order valence-corrected chi connectivity index (χ0v) is 10.2. The fourth-order valence-corrected chi connectivity index (χ4v) is 2.32. The van der Waals surface area contributed by atoms with Gasteiger partial charge < -0.3 is 9.84 Å². The Bertz CT molecular complexity index is 153. The third-order valence-corrected chi connectivity index (χ3v) is 3.46. The van der Waals surface area contributed by atoms with Crippen LogP contribution >= 0.6 is 0 Å². The van der Waals surface area contributed by atoms with E-state index in [1.54, 1.807) is 0 Å². The molecule has 2 nitrogen and oxygen atoms in total. The maximum absolute atomic E-state index is 9.92. The summed E-state index contributed by atoms with van der Waals surface area (Å²) in [6, 6.07) is 0. The SMILES string of the molecule is CCCC(C)C(O)CCC1CCCCO1. The summed E-state index contributed by atoms with van der Waals surface area (Å²) in [6.45, 7) is 5.24. The van der Waals surface area contributed by atoms with Crippen LogP contribution in [0.15, 0.2) is 0 Å². The summed E-state index contributed by atoms with van der Waals surface area (Å²) < 4.78 is 5.66. The van der Waals surface area contributed by atoms with Crippen molar-refractivity contribution in [3.63, 3.8) is 0 Å². The first-order valence-electron chi connectivity index (χ1n) is 6.53. The Labute approximate surface area is 94.0 Å². The maximum Gasteiger partial charge on any atom is 0.0576 e. The fraction of sp³-hybridized carbons (Fsp3) is 1.00. The number of aliphatic hydroxyl groups is 1. The lowest BCUT2D eigenvalue weighted by atomic mass is 9.93. The summed E-state index contributed by atoms with van der Waals surface area (Å²) in [5.74, 6) is 0.443. The van der Waals surface area contributed by atoms with Gasteiger partial charge in [-0.1, -0.05) is 20.3 Å². The van der Waals surface area contributed by atoms with Crippen molar-refractivity contribution in [3.8, 4) is 0 Å². The number of hydrogen-bond donors (Lipinski definition) is 1. The van der Waals surface area contributed by atoms with Crippen LogP contribution in [-0.4, -0.2) is 23.9 Å². The summed E-state index contributed by atoms with van der Waals surface area (Å²) in [6.07, 6.45) is 8.23. The molecule has 0 aromatic heterocycles. The number of rotatable bonds is 6. The summed E-state index contributed by atoms with van der Waals surface area (Å²) in [7, 11) is 0. The summed E-state index contributed by atoms with van der Waals surface area (Å²) in [5.41, 5.74) is 0. The monoisotopic (exact) mass is 214 g/mol.